The Balaban J connectivity index is 1.49. The van der Waals surface area contributed by atoms with Crippen LogP contribution in [0.15, 0.2) is 4.42 Å². The summed E-state index contributed by atoms with van der Waals surface area (Å²) in [7, 11) is 0. The Kier molecular flexibility index (Phi) is 4.21. The van der Waals surface area contributed by atoms with Gasteiger partial charge in [-0.25, -0.2) is 0 Å². The summed E-state index contributed by atoms with van der Waals surface area (Å²) in [5.74, 6) is 1.40. The first kappa shape index (κ1) is 14.5. The minimum Gasteiger partial charge on any atom is -0.408 e. The van der Waals surface area contributed by atoms with Crippen LogP contribution in [0.2, 0.25) is 0 Å². The molecule has 3 N–H and O–H groups in total. The quantitative estimate of drug-likeness (QED) is 0.838. The highest BCUT2D eigenvalue weighted by molar-refractivity contribution is 5.90. The fourth-order valence-corrected chi connectivity index (χ4v) is 2.84. The number of hydrogen-bond donors (Lipinski definition) is 2. The molecule has 7 nitrogen and oxygen atoms in total. The molecule has 2 atom stereocenters. The average molecular weight is 293 g/mol. The molecule has 1 saturated carbocycles. The van der Waals surface area contributed by atoms with Gasteiger partial charge < -0.3 is 10.2 Å². The van der Waals surface area contributed by atoms with Crippen molar-refractivity contribution in [3.05, 3.63) is 5.89 Å². The van der Waals surface area contributed by atoms with Crippen LogP contribution in [0.4, 0.5) is 6.01 Å². The Bertz CT molecular complexity index is 499. The van der Waals surface area contributed by atoms with Crippen molar-refractivity contribution in [2.45, 2.75) is 44.6 Å². The molecule has 0 spiro atoms. The predicted octanol–water partition coefficient (Wildman–Crippen LogP) is 0.945. The number of carbonyl (C=O) groups excluding carboxylic acids is 1. The van der Waals surface area contributed by atoms with E-state index in [1.807, 2.05) is 0 Å². The summed E-state index contributed by atoms with van der Waals surface area (Å²) >= 11 is 0. The molecular formula is C14H23N5O2. The van der Waals surface area contributed by atoms with Crippen molar-refractivity contribution >= 4 is 11.9 Å². The summed E-state index contributed by atoms with van der Waals surface area (Å²) in [6.07, 6.45) is 4.19. The van der Waals surface area contributed by atoms with Gasteiger partial charge in [-0.2, -0.15) is 0 Å². The van der Waals surface area contributed by atoms with Crippen molar-refractivity contribution in [2.24, 2.45) is 11.7 Å². The monoisotopic (exact) mass is 293 g/mol. The highest BCUT2D eigenvalue weighted by atomic mass is 16.4. The lowest BCUT2D eigenvalue weighted by Gasteiger charge is -2.35. The molecule has 1 aromatic heterocycles. The highest BCUT2D eigenvalue weighted by Gasteiger charge is 2.30. The van der Waals surface area contributed by atoms with Gasteiger partial charge in [0.25, 0.3) is 0 Å². The molecule has 1 saturated heterocycles. The van der Waals surface area contributed by atoms with E-state index < -0.39 is 0 Å². The second-order valence-electron chi connectivity index (χ2n) is 6.12. The normalized spacial score (nSPS) is 26.8. The Hall–Kier alpha value is -1.47. The molecule has 1 aliphatic heterocycles. The molecule has 1 amide bonds. The Morgan fingerprint density at radius 1 is 1.43 bits per heavy atom. The van der Waals surface area contributed by atoms with Crippen LogP contribution < -0.4 is 11.1 Å². The summed E-state index contributed by atoms with van der Waals surface area (Å²) < 4.78 is 5.43. The van der Waals surface area contributed by atoms with Gasteiger partial charge in [0.1, 0.15) is 0 Å². The standard InChI is InChI=1S/C14H23N5O2/c1-2-9-7-19(6-5-11(9)15)8-12(20)16-14-18-17-13(21-14)10-3-4-10/h9-11H,2-8,15H2,1H3,(H,16,18,20). The lowest BCUT2D eigenvalue weighted by Crippen LogP contribution is -2.48. The first-order valence-electron chi connectivity index (χ1n) is 7.77. The maximum absolute atomic E-state index is 12.0. The van der Waals surface area contributed by atoms with Crippen LogP contribution in [0, 0.1) is 5.92 Å². The third kappa shape index (κ3) is 3.59. The van der Waals surface area contributed by atoms with Crippen molar-refractivity contribution in [3.8, 4) is 0 Å². The van der Waals surface area contributed by atoms with Gasteiger partial charge in [-0.1, -0.05) is 18.4 Å². The summed E-state index contributed by atoms with van der Waals surface area (Å²) in [6, 6.07) is 0.467. The van der Waals surface area contributed by atoms with Gasteiger partial charge in [0.15, 0.2) is 0 Å². The fraction of sp³-hybridized carbons (Fsp3) is 0.786. The number of rotatable bonds is 5. The first-order valence-corrected chi connectivity index (χ1v) is 7.77. The molecule has 2 aliphatic rings. The van der Waals surface area contributed by atoms with E-state index in [0.29, 0.717) is 24.3 Å². The summed E-state index contributed by atoms with van der Waals surface area (Å²) in [6.45, 7) is 4.24. The van der Waals surface area contributed by atoms with Gasteiger partial charge in [-0.3, -0.25) is 15.0 Å². The molecule has 116 valence electrons. The number of aromatic nitrogens is 2. The Morgan fingerprint density at radius 2 is 2.24 bits per heavy atom. The van der Waals surface area contributed by atoms with E-state index in [1.54, 1.807) is 0 Å². The van der Waals surface area contributed by atoms with Crippen LogP contribution in [-0.4, -0.2) is 46.7 Å². The van der Waals surface area contributed by atoms with E-state index in [9.17, 15) is 4.79 Å². The second kappa shape index (κ2) is 6.11. The van der Waals surface area contributed by atoms with Gasteiger partial charge in [-0.05, 0) is 25.2 Å². The summed E-state index contributed by atoms with van der Waals surface area (Å²) in [5, 5.41) is 10.5. The number of nitrogens with one attached hydrogen (secondary N) is 1. The first-order chi connectivity index (χ1) is 10.2. The number of likely N-dealkylation sites (tertiary alicyclic amines) is 1. The van der Waals surface area contributed by atoms with Crippen molar-refractivity contribution in [3.63, 3.8) is 0 Å². The number of piperidine rings is 1. The maximum atomic E-state index is 12.0. The topological polar surface area (TPSA) is 97.3 Å². The second-order valence-corrected chi connectivity index (χ2v) is 6.12. The molecule has 1 aromatic rings. The largest absolute Gasteiger partial charge is 0.408 e. The maximum Gasteiger partial charge on any atom is 0.322 e. The van der Waals surface area contributed by atoms with Crippen LogP contribution in [0.1, 0.15) is 44.4 Å². The number of anilines is 1. The van der Waals surface area contributed by atoms with Gasteiger partial charge in [0.05, 0.1) is 6.54 Å². The molecular weight excluding hydrogens is 270 g/mol. The molecule has 0 radical (unpaired) electrons. The van der Waals surface area contributed by atoms with Crippen LogP contribution in [0.25, 0.3) is 0 Å². The van der Waals surface area contributed by atoms with Crippen LogP contribution in [0.5, 0.6) is 0 Å². The van der Waals surface area contributed by atoms with Crippen molar-refractivity contribution in [1.82, 2.24) is 15.1 Å². The lowest BCUT2D eigenvalue weighted by atomic mass is 9.91. The molecule has 2 fully saturated rings. The van der Waals surface area contributed by atoms with E-state index >= 15 is 0 Å². The lowest BCUT2D eigenvalue weighted by molar-refractivity contribution is -0.117. The van der Waals surface area contributed by atoms with E-state index in [0.717, 1.165) is 38.8 Å². The number of carbonyl (C=O) groups is 1. The van der Waals surface area contributed by atoms with Gasteiger partial charge in [-0.15, -0.1) is 5.10 Å². The van der Waals surface area contributed by atoms with Crippen LogP contribution >= 0.6 is 0 Å². The number of nitrogens with zero attached hydrogens (tertiary/aromatic N) is 3. The molecule has 0 aromatic carbocycles. The fourth-order valence-electron chi connectivity index (χ4n) is 2.84. The van der Waals surface area contributed by atoms with Crippen molar-refractivity contribution in [1.29, 1.82) is 0 Å². The molecule has 0 bridgehead atoms. The predicted molar refractivity (Wildman–Crippen MR) is 77.7 cm³/mol. The zero-order valence-electron chi connectivity index (χ0n) is 12.4. The molecule has 2 unspecified atom stereocenters. The summed E-state index contributed by atoms with van der Waals surface area (Å²) in [4.78, 5) is 14.2. The van der Waals surface area contributed by atoms with Gasteiger partial charge >= 0.3 is 6.01 Å². The minimum atomic E-state index is -0.105. The molecule has 7 heteroatoms. The van der Waals surface area contributed by atoms with E-state index in [2.05, 4.69) is 27.3 Å². The van der Waals surface area contributed by atoms with Crippen LogP contribution in [-0.2, 0) is 4.79 Å². The number of nitrogens with two attached hydrogens (primary N) is 1. The van der Waals surface area contributed by atoms with E-state index in [-0.39, 0.29) is 18.0 Å². The zero-order valence-corrected chi connectivity index (χ0v) is 12.4. The van der Waals surface area contributed by atoms with Gasteiger partial charge in [0, 0.05) is 25.0 Å². The molecule has 21 heavy (non-hydrogen) atoms. The summed E-state index contributed by atoms with van der Waals surface area (Å²) in [5.41, 5.74) is 6.08. The Labute approximate surface area is 124 Å². The van der Waals surface area contributed by atoms with Crippen molar-refractivity contribution in [2.75, 3.05) is 25.0 Å². The minimum absolute atomic E-state index is 0.105. The molecule has 1 aliphatic carbocycles. The third-order valence-corrected chi connectivity index (χ3v) is 4.38. The van der Waals surface area contributed by atoms with Crippen molar-refractivity contribution < 1.29 is 9.21 Å². The number of amides is 1. The van der Waals surface area contributed by atoms with E-state index in [4.69, 9.17) is 10.2 Å². The van der Waals surface area contributed by atoms with Gasteiger partial charge in [0.2, 0.25) is 11.8 Å². The SMILES string of the molecule is CCC1CN(CC(=O)Nc2nnc(C3CC3)o2)CCC1N. The number of hydrogen-bond acceptors (Lipinski definition) is 6. The molecule has 3 rings (SSSR count). The third-order valence-electron chi connectivity index (χ3n) is 4.38. The highest BCUT2D eigenvalue weighted by Crippen LogP contribution is 2.39. The Morgan fingerprint density at radius 3 is 2.95 bits per heavy atom. The molecule has 2 heterocycles. The smallest absolute Gasteiger partial charge is 0.322 e. The zero-order chi connectivity index (χ0) is 14.8. The average Bonchev–Trinajstić information content (AvgIpc) is 3.22. The van der Waals surface area contributed by atoms with E-state index in [1.165, 1.54) is 0 Å². The van der Waals surface area contributed by atoms with Crippen LogP contribution in [0.3, 0.4) is 0 Å².